The Hall–Kier alpha value is -1.16. The minimum absolute atomic E-state index is 0.413. The number of hydrogen-bond acceptors (Lipinski definition) is 3. The van der Waals surface area contributed by atoms with Crippen molar-refractivity contribution in [3.8, 4) is 5.75 Å². The van der Waals surface area contributed by atoms with E-state index in [-0.39, 0.29) is 0 Å². The van der Waals surface area contributed by atoms with Gasteiger partial charge in [0.1, 0.15) is 5.75 Å². The molecule has 0 spiro atoms. The average molecular weight is 185 g/mol. The predicted octanol–water partition coefficient (Wildman–Crippen LogP) is 1.67. The maximum Gasteiger partial charge on any atom is 0.213 e. The lowest BCUT2D eigenvalue weighted by Crippen LogP contribution is -2.01. The first-order chi connectivity index (χ1) is 6.19. The van der Waals surface area contributed by atoms with Crippen molar-refractivity contribution in [2.75, 3.05) is 7.11 Å². The van der Waals surface area contributed by atoms with E-state index in [9.17, 15) is 9.50 Å². The third kappa shape index (κ3) is 2.15. The molecule has 13 heavy (non-hydrogen) atoms. The number of halogens is 1. The van der Waals surface area contributed by atoms with Gasteiger partial charge in [0.25, 0.3) is 0 Å². The Kier molecular flexibility index (Phi) is 3.19. The maximum atomic E-state index is 12.7. The van der Waals surface area contributed by atoms with Gasteiger partial charge in [0, 0.05) is 11.6 Å². The van der Waals surface area contributed by atoms with Crippen LogP contribution in [-0.2, 0) is 0 Å². The van der Waals surface area contributed by atoms with Gasteiger partial charge in [-0.1, -0.05) is 6.92 Å². The van der Waals surface area contributed by atoms with E-state index in [1.54, 1.807) is 0 Å². The number of pyridine rings is 1. The highest BCUT2D eigenvalue weighted by Gasteiger charge is 2.12. The molecule has 0 fully saturated rings. The first-order valence-electron chi connectivity index (χ1n) is 4.06. The van der Waals surface area contributed by atoms with Crippen molar-refractivity contribution in [1.82, 2.24) is 4.98 Å². The van der Waals surface area contributed by atoms with Crippen molar-refractivity contribution in [1.29, 1.82) is 0 Å². The smallest absolute Gasteiger partial charge is 0.213 e. The SMILES string of the molecule is CCC(O)c1cc(F)ncc1OC. The number of aliphatic hydroxyl groups is 1. The van der Waals surface area contributed by atoms with E-state index in [1.165, 1.54) is 19.4 Å². The Bertz CT molecular complexity index is 291. The topological polar surface area (TPSA) is 42.4 Å². The molecule has 0 bridgehead atoms. The largest absolute Gasteiger partial charge is 0.495 e. The fraction of sp³-hybridized carbons (Fsp3) is 0.444. The molecule has 1 heterocycles. The van der Waals surface area contributed by atoms with Crippen LogP contribution in [0.3, 0.4) is 0 Å². The molecule has 1 unspecified atom stereocenters. The van der Waals surface area contributed by atoms with Crippen molar-refractivity contribution in [3.05, 3.63) is 23.8 Å². The zero-order valence-corrected chi connectivity index (χ0v) is 7.62. The molecule has 0 radical (unpaired) electrons. The van der Waals surface area contributed by atoms with Crippen LogP contribution in [0.15, 0.2) is 12.3 Å². The molecule has 1 rings (SSSR count). The lowest BCUT2D eigenvalue weighted by atomic mass is 10.1. The Balaban J connectivity index is 3.07. The van der Waals surface area contributed by atoms with Crippen LogP contribution in [0.1, 0.15) is 25.0 Å². The van der Waals surface area contributed by atoms with Crippen LogP contribution in [-0.4, -0.2) is 17.2 Å². The van der Waals surface area contributed by atoms with E-state index < -0.39 is 12.1 Å². The average Bonchev–Trinajstić information content (AvgIpc) is 2.16. The van der Waals surface area contributed by atoms with Crippen LogP contribution in [0.25, 0.3) is 0 Å². The minimum atomic E-state index is -0.701. The second-order valence-electron chi connectivity index (χ2n) is 2.67. The van der Waals surface area contributed by atoms with Crippen LogP contribution in [0, 0.1) is 5.95 Å². The van der Waals surface area contributed by atoms with Gasteiger partial charge < -0.3 is 9.84 Å². The van der Waals surface area contributed by atoms with Crippen LogP contribution < -0.4 is 4.74 Å². The Morgan fingerprint density at radius 1 is 1.69 bits per heavy atom. The first-order valence-corrected chi connectivity index (χ1v) is 4.06. The summed E-state index contributed by atoms with van der Waals surface area (Å²) in [5, 5.41) is 9.49. The van der Waals surface area contributed by atoms with Crippen LogP contribution in [0.4, 0.5) is 4.39 Å². The van der Waals surface area contributed by atoms with Gasteiger partial charge >= 0.3 is 0 Å². The highest BCUT2D eigenvalue weighted by Crippen LogP contribution is 2.26. The number of ether oxygens (including phenoxy) is 1. The van der Waals surface area contributed by atoms with E-state index in [0.717, 1.165) is 0 Å². The van der Waals surface area contributed by atoms with Gasteiger partial charge in [-0.15, -0.1) is 0 Å². The second-order valence-corrected chi connectivity index (χ2v) is 2.67. The molecule has 1 atom stereocenters. The molecule has 0 aliphatic rings. The lowest BCUT2D eigenvalue weighted by molar-refractivity contribution is 0.168. The first kappa shape index (κ1) is 9.92. The molecular weight excluding hydrogens is 173 g/mol. The second kappa shape index (κ2) is 4.18. The summed E-state index contributed by atoms with van der Waals surface area (Å²) in [6.45, 7) is 1.81. The Labute approximate surface area is 76.2 Å². The minimum Gasteiger partial charge on any atom is -0.495 e. The van der Waals surface area contributed by atoms with Crippen LogP contribution in [0.5, 0.6) is 5.75 Å². The summed E-state index contributed by atoms with van der Waals surface area (Å²) >= 11 is 0. The van der Waals surface area contributed by atoms with Gasteiger partial charge in [0.15, 0.2) is 0 Å². The molecule has 0 amide bonds. The van der Waals surface area contributed by atoms with Gasteiger partial charge in [-0.05, 0) is 6.42 Å². The number of methoxy groups -OCH3 is 1. The molecule has 3 nitrogen and oxygen atoms in total. The summed E-state index contributed by atoms with van der Waals surface area (Å²) in [7, 11) is 1.46. The monoisotopic (exact) mass is 185 g/mol. The third-order valence-electron chi connectivity index (χ3n) is 1.83. The van der Waals surface area contributed by atoms with Crippen LogP contribution in [0.2, 0.25) is 0 Å². The number of rotatable bonds is 3. The van der Waals surface area contributed by atoms with Crippen molar-refractivity contribution in [2.45, 2.75) is 19.4 Å². The fourth-order valence-corrected chi connectivity index (χ4v) is 1.08. The predicted molar refractivity (Wildman–Crippen MR) is 46.0 cm³/mol. The molecule has 0 saturated heterocycles. The molecule has 0 aliphatic carbocycles. The summed E-state index contributed by atoms with van der Waals surface area (Å²) in [4.78, 5) is 3.42. The number of aromatic nitrogens is 1. The molecule has 72 valence electrons. The van der Waals surface area contributed by atoms with Gasteiger partial charge in [-0.2, -0.15) is 4.39 Å². The van der Waals surface area contributed by atoms with Crippen molar-refractivity contribution < 1.29 is 14.2 Å². The Morgan fingerprint density at radius 3 is 2.92 bits per heavy atom. The summed E-state index contributed by atoms with van der Waals surface area (Å²) in [5.74, 6) is -0.195. The van der Waals surface area contributed by atoms with Crippen molar-refractivity contribution >= 4 is 0 Å². The zero-order chi connectivity index (χ0) is 9.84. The summed E-state index contributed by atoms with van der Waals surface area (Å²) in [6.07, 6.45) is 1.08. The zero-order valence-electron chi connectivity index (χ0n) is 7.62. The molecular formula is C9H12FNO2. The summed E-state index contributed by atoms with van der Waals surface area (Å²) < 4.78 is 17.6. The summed E-state index contributed by atoms with van der Waals surface area (Å²) in [5.41, 5.74) is 0.442. The van der Waals surface area contributed by atoms with Crippen LogP contribution >= 0.6 is 0 Å². The normalized spacial score (nSPS) is 12.6. The lowest BCUT2D eigenvalue weighted by Gasteiger charge is -2.11. The van der Waals surface area contributed by atoms with E-state index >= 15 is 0 Å². The van der Waals surface area contributed by atoms with Crippen molar-refractivity contribution in [3.63, 3.8) is 0 Å². The van der Waals surface area contributed by atoms with Gasteiger partial charge in [-0.25, -0.2) is 4.98 Å². The van der Waals surface area contributed by atoms with Crippen molar-refractivity contribution in [2.24, 2.45) is 0 Å². The van der Waals surface area contributed by atoms with Gasteiger partial charge in [0.2, 0.25) is 5.95 Å². The quantitative estimate of drug-likeness (QED) is 0.728. The number of aliphatic hydroxyl groups excluding tert-OH is 1. The molecule has 0 aromatic carbocycles. The highest BCUT2D eigenvalue weighted by molar-refractivity contribution is 5.32. The standard InChI is InChI=1S/C9H12FNO2/c1-3-7(12)6-4-9(10)11-5-8(6)13-2/h4-5,7,12H,3H2,1-2H3. The number of hydrogen-bond donors (Lipinski definition) is 1. The fourth-order valence-electron chi connectivity index (χ4n) is 1.08. The maximum absolute atomic E-state index is 12.7. The molecule has 0 saturated carbocycles. The van der Waals surface area contributed by atoms with Gasteiger partial charge in [0.05, 0.1) is 19.4 Å². The molecule has 1 aromatic heterocycles. The van der Waals surface area contributed by atoms with E-state index in [2.05, 4.69) is 4.98 Å². The summed E-state index contributed by atoms with van der Waals surface area (Å²) in [6, 6.07) is 1.19. The molecule has 0 aliphatic heterocycles. The highest BCUT2D eigenvalue weighted by atomic mass is 19.1. The number of nitrogens with zero attached hydrogens (tertiary/aromatic N) is 1. The van der Waals surface area contributed by atoms with E-state index in [4.69, 9.17) is 4.74 Å². The molecule has 4 heteroatoms. The van der Waals surface area contributed by atoms with Gasteiger partial charge in [-0.3, -0.25) is 0 Å². The van der Waals surface area contributed by atoms with E-state index in [1.807, 2.05) is 6.92 Å². The molecule has 1 aromatic rings. The molecule has 1 N–H and O–H groups in total. The van der Waals surface area contributed by atoms with E-state index in [0.29, 0.717) is 17.7 Å². The third-order valence-corrected chi connectivity index (χ3v) is 1.83. The Morgan fingerprint density at radius 2 is 2.38 bits per heavy atom.